The summed E-state index contributed by atoms with van der Waals surface area (Å²) in [5.41, 5.74) is 2.65. The molecule has 3 nitrogen and oxygen atoms in total. The van der Waals surface area contributed by atoms with Crippen LogP contribution in [0.5, 0.6) is 0 Å². The molecule has 0 fully saturated rings. The quantitative estimate of drug-likeness (QED) is 0.753. The second-order valence-corrected chi connectivity index (χ2v) is 3.30. The zero-order chi connectivity index (χ0) is 9.10. The van der Waals surface area contributed by atoms with Crippen molar-refractivity contribution in [3.05, 3.63) is 24.0 Å². The van der Waals surface area contributed by atoms with E-state index in [4.69, 9.17) is 0 Å². The van der Waals surface area contributed by atoms with Gasteiger partial charge in [0, 0.05) is 25.8 Å². The van der Waals surface area contributed by atoms with Crippen LogP contribution < -0.4 is 5.32 Å². The van der Waals surface area contributed by atoms with Crippen LogP contribution in [0.3, 0.4) is 0 Å². The lowest BCUT2D eigenvalue weighted by molar-refractivity contribution is 0.595. The zero-order valence-electron chi connectivity index (χ0n) is 7.95. The van der Waals surface area contributed by atoms with E-state index in [2.05, 4.69) is 34.2 Å². The fourth-order valence-electron chi connectivity index (χ4n) is 1.66. The Labute approximate surface area is 78.4 Å². The van der Waals surface area contributed by atoms with Gasteiger partial charge in [0.2, 0.25) is 0 Å². The summed E-state index contributed by atoms with van der Waals surface area (Å²) in [4.78, 5) is 0. The first kappa shape index (κ1) is 8.51. The van der Waals surface area contributed by atoms with Gasteiger partial charge in [-0.3, -0.25) is 4.68 Å². The second-order valence-electron chi connectivity index (χ2n) is 3.30. The molecule has 1 aliphatic rings. The molecule has 13 heavy (non-hydrogen) atoms. The Balaban J connectivity index is 2.23. The number of hydrogen-bond donors (Lipinski definition) is 1. The summed E-state index contributed by atoms with van der Waals surface area (Å²) < 4.78 is 2.08. The van der Waals surface area contributed by atoms with Gasteiger partial charge in [-0.25, -0.2) is 0 Å². The fraction of sp³-hybridized carbons (Fsp3) is 0.500. The summed E-state index contributed by atoms with van der Waals surface area (Å²) in [6.07, 6.45) is 5.25. The third kappa shape index (κ3) is 1.65. The molecule has 0 spiro atoms. The maximum Gasteiger partial charge on any atom is 0.0652 e. The Bertz CT molecular complexity index is 312. The first-order chi connectivity index (χ1) is 6.42. The van der Waals surface area contributed by atoms with Gasteiger partial charge in [-0.2, -0.15) is 5.10 Å². The van der Waals surface area contributed by atoms with Crippen LogP contribution in [0.4, 0.5) is 0 Å². The van der Waals surface area contributed by atoms with Crippen molar-refractivity contribution in [2.24, 2.45) is 0 Å². The van der Waals surface area contributed by atoms with Gasteiger partial charge in [-0.05, 0) is 18.1 Å². The zero-order valence-corrected chi connectivity index (χ0v) is 7.95. The Morgan fingerprint density at radius 3 is 3.23 bits per heavy atom. The predicted octanol–water partition coefficient (Wildman–Crippen LogP) is 1.28. The molecule has 2 rings (SSSR count). The van der Waals surface area contributed by atoms with Crippen LogP contribution in [-0.2, 0) is 6.54 Å². The molecule has 0 aliphatic carbocycles. The molecule has 0 saturated carbocycles. The standard InChI is InChI=1S/C10H15N3/c1-2-7-13-10(4-6-12-13)9-3-5-11-8-9/h3-4,6,11H,2,5,7-8H2,1H3. The van der Waals surface area contributed by atoms with E-state index in [1.807, 2.05) is 6.20 Å². The largest absolute Gasteiger partial charge is 0.309 e. The van der Waals surface area contributed by atoms with Gasteiger partial charge in [0.1, 0.15) is 0 Å². The third-order valence-electron chi connectivity index (χ3n) is 2.29. The summed E-state index contributed by atoms with van der Waals surface area (Å²) in [7, 11) is 0. The minimum absolute atomic E-state index is 0.982. The van der Waals surface area contributed by atoms with Gasteiger partial charge in [0.15, 0.2) is 0 Å². The van der Waals surface area contributed by atoms with Crippen molar-refractivity contribution < 1.29 is 0 Å². The number of nitrogens with zero attached hydrogens (tertiary/aromatic N) is 2. The van der Waals surface area contributed by atoms with Crippen molar-refractivity contribution in [3.63, 3.8) is 0 Å². The van der Waals surface area contributed by atoms with E-state index in [-0.39, 0.29) is 0 Å². The molecule has 70 valence electrons. The molecule has 0 atom stereocenters. The molecule has 2 heterocycles. The molecule has 0 unspecified atom stereocenters. The van der Waals surface area contributed by atoms with Crippen molar-refractivity contribution >= 4 is 5.57 Å². The van der Waals surface area contributed by atoms with E-state index in [0.717, 1.165) is 26.1 Å². The van der Waals surface area contributed by atoms with E-state index in [9.17, 15) is 0 Å². The highest BCUT2D eigenvalue weighted by molar-refractivity contribution is 5.66. The molecule has 0 amide bonds. The Hall–Kier alpha value is -1.09. The maximum atomic E-state index is 4.30. The smallest absolute Gasteiger partial charge is 0.0652 e. The highest BCUT2D eigenvalue weighted by Crippen LogP contribution is 2.15. The highest BCUT2D eigenvalue weighted by Gasteiger charge is 2.10. The van der Waals surface area contributed by atoms with Crippen molar-refractivity contribution in [1.82, 2.24) is 15.1 Å². The summed E-state index contributed by atoms with van der Waals surface area (Å²) in [5.74, 6) is 0. The topological polar surface area (TPSA) is 29.9 Å². The molecule has 0 radical (unpaired) electrons. The molecule has 1 aromatic heterocycles. The molecule has 1 aromatic rings. The first-order valence-corrected chi connectivity index (χ1v) is 4.83. The average molecular weight is 177 g/mol. The molecule has 0 aromatic carbocycles. The van der Waals surface area contributed by atoms with Crippen molar-refractivity contribution in [2.45, 2.75) is 19.9 Å². The maximum absolute atomic E-state index is 4.30. The number of nitrogens with one attached hydrogen (secondary N) is 1. The van der Waals surface area contributed by atoms with E-state index < -0.39 is 0 Å². The minimum atomic E-state index is 0.982. The minimum Gasteiger partial charge on any atom is -0.309 e. The number of rotatable bonds is 3. The number of aromatic nitrogens is 2. The molecule has 1 N–H and O–H groups in total. The number of hydrogen-bond acceptors (Lipinski definition) is 2. The van der Waals surface area contributed by atoms with Crippen molar-refractivity contribution in [3.8, 4) is 0 Å². The van der Waals surface area contributed by atoms with Gasteiger partial charge in [0.05, 0.1) is 5.69 Å². The van der Waals surface area contributed by atoms with Gasteiger partial charge < -0.3 is 5.32 Å². The normalized spacial score (nSPS) is 16.2. The van der Waals surface area contributed by atoms with E-state index in [0.29, 0.717) is 0 Å². The summed E-state index contributed by atoms with van der Waals surface area (Å²) in [5, 5.41) is 7.59. The highest BCUT2D eigenvalue weighted by atomic mass is 15.3. The van der Waals surface area contributed by atoms with Gasteiger partial charge >= 0.3 is 0 Å². The lowest BCUT2D eigenvalue weighted by Gasteiger charge is -2.05. The third-order valence-corrected chi connectivity index (χ3v) is 2.29. The molecule has 1 aliphatic heterocycles. The lowest BCUT2D eigenvalue weighted by atomic mass is 10.2. The predicted molar refractivity (Wildman–Crippen MR) is 53.4 cm³/mol. The van der Waals surface area contributed by atoms with E-state index >= 15 is 0 Å². The van der Waals surface area contributed by atoms with Crippen molar-refractivity contribution in [2.75, 3.05) is 13.1 Å². The molecule has 0 bridgehead atoms. The summed E-state index contributed by atoms with van der Waals surface area (Å²) in [6, 6.07) is 2.09. The average Bonchev–Trinajstić information content (AvgIpc) is 2.71. The monoisotopic (exact) mass is 177 g/mol. The van der Waals surface area contributed by atoms with Crippen LogP contribution in [0.2, 0.25) is 0 Å². The summed E-state index contributed by atoms with van der Waals surface area (Å²) >= 11 is 0. The molecule has 0 saturated heterocycles. The molecular formula is C10H15N3. The fourth-order valence-corrected chi connectivity index (χ4v) is 1.66. The van der Waals surface area contributed by atoms with Crippen LogP contribution in [0.25, 0.3) is 5.57 Å². The van der Waals surface area contributed by atoms with E-state index in [1.54, 1.807) is 0 Å². The number of aryl methyl sites for hydroxylation is 1. The van der Waals surface area contributed by atoms with Gasteiger partial charge in [-0.1, -0.05) is 13.0 Å². The van der Waals surface area contributed by atoms with Crippen LogP contribution >= 0.6 is 0 Å². The SMILES string of the molecule is CCCn1nccc1C1=CCNC1. The van der Waals surface area contributed by atoms with Gasteiger partial charge in [0.25, 0.3) is 0 Å². The van der Waals surface area contributed by atoms with Crippen LogP contribution in [0.15, 0.2) is 18.3 Å². The van der Waals surface area contributed by atoms with Crippen LogP contribution in [0, 0.1) is 0 Å². The van der Waals surface area contributed by atoms with Gasteiger partial charge in [-0.15, -0.1) is 0 Å². The first-order valence-electron chi connectivity index (χ1n) is 4.83. The Kier molecular flexibility index (Phi) is 2.45. The van der Waals surface area contributed by atoms with Crippen molar-refractivity contribution in [1.29, 1.82) is 0 Å². The summed E-state index contributed by atoms with van der Waals surface area (Å²) in [6.45, 7) is 5.16. The van der Waals surface area contributed by atoms with E-state index in [1.165, 1.54) is 11.3 Å². The molecule has 3 heteroatoms. The Morgan fingerprint density at radius 1 is 1.62 bits per heavy atom. The molecular weight excluding hydrogens is 162 g/mol. The Morgan fingerprint density at radius 2 is 2.54 bits per heavy atom. The second kappa shape index (κ2) is 3.75. The lowest BCUT2D eigenvalue weighted by Crippen LogP contribution is -2.10. The van der Waals surface area contributed by atoms with Crippen LogP contribution in [0.1, 0.15) is 19.0 Å². The van der Waals surface area contributed by atoms with Crippen LogP contribution in [-0.4, -0.2) is 22.9 Å².